The molecule has 3 aromatic carbocycles. The highest BCUT2D eigenvalue weighted by Gasteiger charge is 2.31. The molecule has 1 fully saturated rings. The van der Waals surface area contributed by atoms with Crippen LogP contribution < -0.4 is 5.32 Å². The lowest BCUT2D eigenvalue weighted by molar-refractivity contribution is 0.0916. The van der Waals surface area contributed by atoms with Crippen LogP contribution in [0.4, 0.5) is 0 Å². The highest BCUT2D eigenvalue weighted by Crippen LogP contribution is 2.34. The molecular formula is C25H25NO. The summed E-state index contributed by atoms with van der Waals surface area (Å²) in [6.45, 7) is 1.99. The molecule has 1 heterocycles. The lowest BCUT2D eigenvalue weighted by atomic mass is 9.76. The van der Waals surface area contributed by atoms with Gasteiger partial charge in [-0.2, -0.15) is 0 Å². The Morgan fingerprint density at radius 3 is 1.93 bits per heavy atom. The van der Waals surface area contributed by atoms with Crippen LogP contribution >= 0.6 is 0 Å². The molecular weight excluding hydrogens is 330 g/mol. The smallest absolute Gasteiger partial charge is 0.170 e. The first kappa shape index (κ1) is 17.7. The number of carbonyl (C=O) groups excluding carboxylic acids is 1. The van der Waals surface area contributed by atoms with Crippen molar-refractivity contribution in [3.05, 3.63) is 96.1 Å². The maximum atomic E-state index is 13.5. The van der Waals surface area contributed by atoms with E-state index < -0.39 is 0 Å². The average molecular weight is 355 g/mol. The molecule has 1 atom stereocenters. The summed E-state index contributed by atoms with van der Waals surface area (Å²) in [4.78, 5) is 13.5. The van der Waals surface area contributed by atoms with Crippen LogP contribution in [0.5, 0.6) is 0 Å². The molecule has 1 N–H and O–H groups in total. The number of rotatable bonds is 5. The SMILES string of the molecule is O=C(c1ccc(-c2ccccc2)cc1)C(c1ccccc1)C1CCNCC1. The molecule has 2 nitrogen and oxygen atoms in total. The summed E-state index contributed by atoms with van der Waals surface area (Å²) < 4.78 is 0. The minimum atomic E-state index is -0.0594. The minimum absolute atomic E-state index is 0.0594. The lowest BCUT2D eigenvalue weighted by Gasteiger charge is -2.30. The molecule has 0 bridgehead atoms. The number of hydrogen-bond acceptors (Lipinski definition) is 2. The molecule has 2 heteroatoms. The van der Waals surface area contributed by atoms with E-state index in [1.165, 1.54) is 5.56 Å². The van der Waals surface area contributed by atoms with E-state index in [-0.39, 0.29) is 11.7 Å². The fourth-order valence-electron chi connectivity index (χ4n) is 4.11. The zero-order valence-corrected chi connectivity index (χ0v) is 15.5. The monoisotopic (exact) mass is 355 g/mol. The zero-order valence-electron chi connectivity index (χ0n) is 15.5. The number of Topliss-reactive ketones (excluding diaryl/α,β-unsaturated/α-hetero) is 1. The quantitative estimate of drug-likeness (QED) is 0.628. The van der Waals surface area contributed by atoms with Gasteiger partial charge in [-0.3, -0.25) is 4.79 Å². The molecule has 4 rings (SSSR count). The van der Waals surface area contributed by atoms with E-state index in [1.807, 2.05) is 48.5 Å². The highest BCUT2D eigenvalue weighted by atomic mass is 16.1. The molecule has 0 saturated carbocycles. The van der Waals surface area contributed by atoms with Crippen molar-refractivity contribution in [1.82, 2.24) is 5.32 Å². The van der Waals surface area contributed by atoms with Crippen LogP contribution in [-0.2, 0) is 0 Å². The average Bonchev–Trinajstić information content (AvgIpc) is 2.76. The molecule has 1 aliphatic rings. The Balaban J connectivity index is 1.63. The number of benzene rings is 3. The Hall–Kier alpha value is -2.71. The van der Waals surface area contributed by atoms with Gasteiger partial charge in [0.2, 0.25) is 0 Å². The zero-order chi connectivity index (χ0) is 18.5. The van der Waals surface area contributed by atoms with Crippen molar-refractivity contribution in [3.8, 4) is 11.1 Å². The van der Waals surface area contributed by atoms with Gasteiger partial charge in [-0.15, -0.1) is 0 Å². The number of nitrogens with one attached hydrogen (secondary N) is 1. The van der Waals surface area contributed by atoms with Crippen LogP contribution in [0.15, 0.2) is 84.9 Å². The summed E-state index contributed by atoms with van der Waals surface area (Å²) in [7, 11) is 0. The van der Waals surface area contributed by atoms with Gasteiger partial charge in [-0.05, 0) is 48.5 Å². The summed E-state index contributed by atoms with van der Waals surface area (Å²) in [5.74, 6) is 0.582. The van der Waals surface area contributed by atoms with E-state index in [0.717, 1.165) is 42.6 Å². The van der Waals surface area contributed by atoms with Gasteiger partial charge in [0.25, 0.3) is 0 Å². The van der Waals surface area contributed by atoms with E-state index in [9.17, 15) is 4.79 Å². The molecule has 0 radical (unpaired) electrons. The summed E-state index contributed by atoms with van der Waals surface area (Å²) in [5.41, 5.74) is 4.27. The van der Waals surface area contributed by atoms with E-state index in [0.29, 0.717) is 5.92 Å². The van der Waals surface area contributed by atoms with Crippen molar-refractivity contribution in [3.63, 3.8) is 0 Å². The molecule has 0 aliphatic carbocycles. The van der Waals surface area contributed by atoms with Gasteiger partial charge in [0.05, 0.1) is 5.92 Å². The van der Waals surface area contributed by atoms with Crippen molar-refractivity contribution in [2.45, 2.75) is 18.8 Å². The van der Waals surface area contributed by atoms with Gasteiger partial charge in [0, 0.05) is 5.56 Å². The summed E-state index contributed by atoms with van der Waals surface area (Å²) >= 11 is 0. The van der Waals surface area contributed by atoms with Crippen molar-refractivity contribution in [1.29, 1.82) is 0 Å². The van der Waals surface area contributed by atoms with Crippen LogP contribution in [0.3, 0.4) is 0 Å². The number of carbonyl (C=O) groups is 1. The molecule has 0 aromatic heterocycles. The number of hydrogen-bond donors (Lipinski definition) is 1. The first-order chi connectivity index (χ1) is 13.3. The molecule has 0 amide bonds. The van der Waals surface area contributed by atoms with Crippen molar-refractivity contribution in [2.75, 3.05) is 13.1 Å². The van der Waals surface area contributed by atoms with Crippen LogP contribution in [-0.4, -0.2) is 18.9 Å². The Morgan fingerprint density at radius 1 is 0.741 bits per heavy atom. The molecule has 1 unspecified atom stereocenters. The van der Waals surface area contributed by atoms with E-state index in [4.69, 9.17) is 0 Å². The topological polar surface area (TPSA) is 29.1 Å². The second kappa shape index (κ2) is 8.32. The van der Waals surface area contributed by atoms with Gasteiger partial charge >= 0.3 is 0 Å². The van der Waals surface area contributed by atoms with Crippen LogP contribution in [0.2, 0.25) is 0 Å². The summed E-state index contributed by atoms with van der Waals surface area (Å²) in [5, 5.41) is 3.41. The van der Waals surface area contributed by atoms with Crippen LogP contribution in [0, 0.1) is 5.92 Å². The summed E-state index contributed by atoms with van der Waals surface area (Å²) in [6, 6.07) is 28.7. The van der Waals surface area contributed by atoms with E-state index in [1.54, 1.807) is 0 Å². The van der Waals surface area contributed by atoms with Gasteiger partial charge in [0.1, 0.15) is 0 Å². The Kier molecular flexibility index (Phi) is 5.45. The molecule has 3 aromatic rings. The number of ketones is 1. The molecule has 0 spiro atoms. The van der Waals surface area contributed by atoms with Gasteiger partial charge in [0.15, 0.2) is 5.78 Å². The Morgan fingerprint density at radius 2 is 1.30 bits per heavy atom. The van der Waals surface area contributed by atoms with Crippen molar-refractivity contribution < 1.29 is 4.79 Å². The highest BCUT2D eigenvalue weighted by molar-refractivity contribution is 6.01. The normalized spacial score (nSPS) is 16.0. The predicted molar refractivity (Wildman–Crippen MR) is 111 cm³/mol. The van der Waals surface area contributed by atoms with Gasteiger partial charge < -0.3 is 5.32 Å². The van der Waals surface area contributed by atoms with Crippen molar-refractivity contribution >= 4 is 5.78 Å². The maximum Gasteiger partial charge on any atom is 0.170 e. The van der Waals surface area contributed by atoms with Crippen LogP contribution in [0.25, 0.3) is 11.1 Å². The molecule has 136 valence electrons. The van der Waals surface area contributed by atoms with Gasteiger partial charge in [-0.25, -0.2) is 0 Å². The first-order valence-corrected chi connectivity index (χ1v) is 9.78. The molecule has 27 heavy (non-hydrogen) atoms. The second-order valence-corrected chi connectivity index (χ2v) is 7.28. The second-order valence-electron chi connectivity index (χ2n) is 7.28. The third-order valence-corrected chi connectivity index (χ3v) is 5.57. The van der Waals surface area contributed by atoms with E-state index in [2.05, 4.69) is 41.7 Å². The maximum absolute atomic E-state index is 13.5. The third-order valence-electron chi connectivity index (χ3n) is 5.57. The minimum Gasteiger partial charge on any atom is -0.317 e. The third kappa shape index (κ3) is 4.01. The standard InChI is InChI=1S/C25H25NO/c27-25(23-13-11-20(12-14-23)19-7-3-1-4-8-19)24(21-9-5-2-6-10-21)22-15-17-26-18-16-22/h1-14,22,24,26H,15-18H2. The van der Waals surface area contributed by atoms with Crippen LogP contribution in [0.1, 0.15) is 34.7 Å². The fraction of sp³-hybridized carbons (Fsp3) is 0.240. The largest absolute Gasteiger partial charge is 0.317 e. The Bertz CT molecular complexity index is 865. The van der Waals surface area contributed by atoms with Gasteiger partial charge in [-0.1, -0.05) is 84.9 Å². The predicted octanol–water partition coefficient (Wildman–Crippen LogP) is 5.32. The molecule has 1 aliphatic heterocycles. The number of piperidine rings is 1. The fourth-order valence-corrected chi connectivity index (χ4v) is 4.11. The van der Waals surface area contributed by atoms with E-state index >= 15 is 0 Å². The summed E-state index contributed by atoms with van der Waals surface area (Å²) in [6.07, 6.45) is 2.10. The van der Waals surface area contributed by atoms with Crippen molar-refractivity contribution in [2.24, 2.45) is 5.92 Å². The molecule has 1 saturated heterocycles. The first-order valence-electron chi connectivity index (χ1n) is 9.78. The lowest BCUT2D eigenvalue weighted by Crippen LogP contribution is -2.33. The Labute approximate surface area is 161 Å².